The third-order valence-corrected chi connectivity index (χ3v) is 6.17. The zero-order chi connectivity index (χ0) is 14.6. The van der Waals surface area contributed by atoms with Gasteiger partial charge in [-0.05, 0) is 59.5 Å². The van der Waals surface area contributed by atoms with E-state index in [-0.39, 0.29) is 12.1 Å². The lowest BCUT2D eigenvalue weighted by atomic mass is 9.98. The Labute approximate surface area is 118 Å². The van der Waals surface area contributed by atoms with Gasteiger partial charge in [-0.1, -0.05) is 0 Å². The molecule has 0 aromatic rings. The fourth-order valence-corrected chi connectivity index (χ4v) is 4.12. The van der Waals surface area contributed by atoms with Crippen molar-refractivity contribution in [2.45, 2.75) is 52.6 Å². The first-order valence-corrected chi connectivity index (χ1v) is 8.62. The molecule has 0 saturated carbocycles. The fourth-order valence-electron chi connectivity index (χ4n) is 2.32. The quantitative estimate of drug-likeness (QED) is 0.802. The lowest BCUT2D eigenvalue weighted by Gasteiger charge is -2.35. The van der Waals surface area contributed by atoms with E-state index in [1.807, 2.05) is 27.7 Å². The molecule has 1 saturated heterocycles. The maximum atomic E-state index is 12.6. The summed E-state index contributed by atoms with van der Waals surface area (Å²) in [5, 5.41) is 3.32. The standard InChI is InChI=1S/C13H29N3O2S/c1-11(2)15(5)19(17,18)16(12(3)4)10-13-6-8-14-9-7-13/h11-14H,6-10H2,1-5H3. The average Bonchev–Trinajstić information content (AvgIpc) is 2.35. The van der Waals surface area contributed by atoms with E-state index >= 15 is 0 Å². The Morgan fingerprint density at radius 3 is 2.05 bits per heavy atom. The molecule has 1 heterocycles. The van der Waals surface area contributed by atoms with Crippen molar-refractivity contribution >= 4 is 10.2 Å². The normalized spacial score (nSPS) is 19.0. The summed E-state index contributed by atoms with van der Waals surface area (Å²) >= 11 is 0. The van der Waals surface area contributed by atoms with Crippen LogP contribution in [0.1, 0.15) is 40.5 Å². The van der Waals surface area contributed by atoms with Gasteiger partial charge in [-0.25, -0.2) is 0 Å². The third kappa shape index (κ3) is 4.41. The van der Waals surface area contributed by atoms with Crippen LogP contribution in [0.4, 0.5) is 0 Å². The number of piperidine rings is 1. The monoisotopic (exact) mass is 291 g/mol. The van der Waals surface area contributed by atoms with E-state index in [1.54, 1.807) is 11.4 Å². The maximum Gasteiger partial charge on any atom is 0.282 e. The van der Waals surface area contributed by atoms with Gasteiger partial charge < -0.3 is 5.32 Å². The minimum Gasteiger partial charge on any atom is -0.317 e. The second-order valence-corrected chi connectivity index (χ2v) is 7.92. The number of nitrogens with zero attached hydrogens (tertiary/aromatic N) is 2. The minimum absolute atomic E-state index is 0.00101. The molecule has 0 aliphatic carbocycles. The third-order valence-electron chi connectivity index (χ3n) is 3.86. The van der Waals surface area contributed by atoms with Gasteiger partial charge in [-0.3, -0.25) is 0 Å². The first-order valence-electron chi connectivity index (χ1n) is 7.22. The molecule has 0 bridgehead atoms. The summed E-state index contributed by atoms with van der Waals surface area (Å²) in [6, 6.07) is -0.0136. The fraction of sp³-hybridized carbons (Fsp3) is 1.00. The highest BCUT2D eigenvalue weighted by Crippen LogP contribution is 2.20. The van der Waals surface area contributed by atoms with Gasteiger partial charge in [0.15, 0.2) is 0 Å². The van der Waals surface area contributed by atoms with E-state index in [0.29, 0.717) is 12.5 Å². The van der Waals surface area contributed by atoms with Crippen LogP contribution in [0.3, 0.4) is 0 Å². The molecule has 1 fully saturated rings. The summed E-state index contributed by atoms with van der Waals surface area (Å²) in [4.78, 5) is 0. The van der Waals surface area contributed by atoms with Gasteiger partial charge in [0.25, 0.3) is 10.2 Å². The Kier molecular flexibility index (Phi) is 6.23. The number of nitrogens with one attached hydrogen (secondary N) is 1. The highest BCUT2D eigenvalue weighted by atomic mass is 32.2. The van der Waals surface area contributed by atoms with Crippen LogP contribution in [-0.4, -0.2) is 55.8 Å². The van der Waals surface area contributed by atoms with Crippen molar-refractivity contribution in [3.05, 3.63) is 0 Å². The van der Waals surface area contributed by atoms with Crippen LogP contribution in [0.15, 0.2) is 0 Å². The van der Waals surface area contributed by atoms with E-state index in [9.17, 15) is 8.42 Å². The van der Waals surface area contributed by atoms with E-state index < -0.39 is 10.2 Å². The molecule has 19 heavy (non-hydrogen) atoms. The Hall–Kier alpha value is -0.170. The predicted octanol–water partition coefficient (Wildman–Crippen LogP) is 1.28. The Morgan fingerprint density at radius 2 is 1.63 bits per heavy atom. The molecule has 0 atom stereocenters. The molecule has 1 aliphatic rings. The second kappa shape index (κ2) is 7.02. The van der Waals surface area contributed by atoms with Gasteiger partial charge in [-0.2, -0.15) is 17.0 Å². The van der Waals surface area contributed by atoms with Crippen LogP contribution in [-0.2, 0) is 10.2 Å². The van der Waals surface area contributed by atoms with Gasteiger partial charge in [0.05, 0.1) is 0 Å². The second-order valence-electron chi connectivity index (χ2n) is 5.97. The first kappa shape index (κ1) is 16.9. The molecule has 1 N–H and O–H groups in total. The summed E-state index contributed by atoms with van der Waals surface area (Å²) in [5.74, 6) is 0.471. The molecule has 1 rings (SSSR count). The maximum absolute atomic E-state index is 12.6. The highest BCUT2D eigenvalue weighted by Gasteiger charge is 2.32. The van der Waals surface area contributed by atoms with Gasteiger partial charge >= 0.3 is 0 Å². The molecular formula is C13H29N3O2S. The SMILES string of the molecule is CC(C)N(C)S(=O)(=O)N(CC1CCNCC1)C(C)C. The molecule has 0 spiro atoms. The topological polar surface area (TPSA) is 52.7 Å². The van der Waals surface area contributed by atoms with Crippen molar-refractivity contribution in [1.82, 2.24) is 13.9 Å². The first-order chi connectivity index (χ1) is 8.76. The summed E-state index contributed by atoms with van der Waals surface area (Å²) in [7, 11) is -1.69. The lowest BCUT2D eigenvalue weighted by molar-refractivity contribution is 0.241. The lowest BCUT2D eigenvalue weighted by Crippen LogP contribution is -2.50. The van der Waals surface area contributed by atoms with Gasteiger partial charge in [-0.15, -0.1) is 0 Å². The van der Waals surface area contributed by atoms with Crippen LogP contribution in [0.2, 0.25) is 0 Å². The molecule has 0 unspecified atom stereocenters. The predicted molar refractivity (Wildman–Crippen MR) is 79.3 cm³/mol. The molecule has 0 aromatic carbocycles. The van der Waals surface area contributed by atoms with Gasteiger partial charge in [0.2, 0.25) is 0 Å². The molecular weight excluding hydrogens is 262 g/mol. The minimum atomic E-state index is -3.35. The molecule has 5 nitrogen and oxygen atoms in total. The summed E-state index contributed by atoms with van der Waals surface area (Å²) < 4.78 is 28.4. The van der Waals surface area contributed by atoms with Gasteiger partial charge in [0, 0.05) is 25.7 Å². The van der Waals surface area contributed by atoms with Crippen molar-refractivity contribution in [2.75, 3.05) is 26.7 Å². The van der Waals surface area contributed by atoms with Crippen molar-refractivity contribution < 1.29 is 8.42 Å². The Bertz CT molecular complexity index is 362. The average molecular weight is 291 g/mol. The zero-order valence-corrected chi connectivity index (χ0v) is 13.7. The summed E-state index contributed by atoms with van der Waals surface area (Å²) in [6.45, 7) is 10.3. The van der Waals surface area contributed by atoms with Crippen LogP contribution < -0.4 is 5.32 Å². The molecule has 1 aliphatic heterocycles. The van der Waals surface area contributed by atoms with Crippen LogP contribution >= 0.6 is 0 Å². The van der Waals surface area contributed by atoms with Gasteiger partial charge in [0.1, 0.15) is 0 Å². The molecule has 0 amide bonds. The smallest absolute Gasteiger partial charge is 0.282 e. The van der Waals surface area contributed by atoms with E-state index in [0.717, 1.165) is 25.9 Å². The van der Waals surface area contributed by atoms with E-state index in [2.05, 4.69) is 5.32 Å². The summed E-state index contributed by atoms with van der Waals surface area (Å²) in [5.41, 5.74) is 0. The van der Waals surface area contributed by atoms with Crippen molar-refractivity contribution in [3.8, 4) is 0 Å². The molecule has 6 heteroatoms. The molecule has 0 aromatic heterocycles. The van der Waals surface area contributed by atoms with Crippen molar-refractivity contribution in [2.24, 2.45) is 5.92 Å². The van der Waals surface area contributed by atoms with Crippen LogP contribution in [0.5, 0.6) is 0 Å². The zero-order valence-electron chi connectivity index (χ0n) is 12.9. The van der Waals surface area contributed by atoms with Crippen LogP contribution in [0, 0.1) is 5.92 Å². The number of hydrogen-bond acceptors (Lipinski definition) is 3. The molecule has 114 valence electrons. The van der Waals surface area contributed by atoms with Crippen LogP contribution in [0.25, 0.3) is 0 Å². The highest BCUT2D eigenvalue weighted by molar-refractivity contribution is 7.86. The van der Waals surface area contributed by atoms with Crippen molar-refractivity contribution in [3.63, 3.8) is 0 Å². The number of rotatable bonds is 6. The number of hydrogen-bond donors (Lipinski definition) is 1. The van der Waals surface area contributed by atoms with Crippen molar-refractivity contribution in [1.29, 1.82) is 0 Å². The van der Waals surface area contributed by atoms with E-state index in [1.165, 1.54) is 4.31 Å². The molecule has 0 radical (unpaired) electrons. The van der Waals surface area contributed by atoms with E-state index in [4.69, 9.17) is 0 Å². The largest absolute Gasteiger partial charge is 0.317 e. The summed E-state index contributed by atoms with van der Waals surface area (Å²) in [6.07, 6.45) is 2.12. The Morgan fingerprint density at radius 1 is 1.11 bits per heavy atom. The Balaban J connectivity index is 2.81.